The summed E-state index contributed by atoms with van der Waals surface area (Å²) >= 11 is 13.7. The van der Waals surface area contributed by atoms with Crippen LogP contribution < -0.4 is 5.73 Å². The summed E-state index contributed by atoms with van der Waals surface area (Å²) in [5.74, 6) is 0.629. The molecule has 2 N–H and O–H groups in total. The van der Waals surface area contributed by atoms with Gasteiger partial charge in [-0.1, -0.05) is 61.3 Å². The summed E-state index contributed by atoms with van der Waals surface area (Å²) in [5, 5.41) is 4.69. The lowest BCUT2D eigenvalue weighted by molar-refractivity contribution is -0.137. The summed E-state index contributed by atoms with van der Waals surface area (Å²) in [5.41, 5.74) is 8.24. The normalized spacial score (nSPS) is 12.0. The third-order valence-corrected chi connectivity index (χ3v) is 5.75. The first-order chi connectivity index (χ1) is 13.5. The fourth-order valence-corrected chi connectivity index (χ4v) is 4.20. The SMILES string of the molecule is CSc1nn(-c2c(Cl)cc(C(F)(F)F)cc2Cl)c(N)c1-c1ccc(C(C)C)cc1. The molecule has 3 aromatic rings. The molecule has 3 rings (SSSR count). The van der Waals surface area contributed by atoms with Gasteiger partial charge in [-0.05, 0) is 35.4 Å². The number of halogens is 5. The molecule has 0 bridgehead atoms. The van der Waals surface area contributed by atoms with Gasteiger partial charge in [0.1, 0.15) is 16.5 Å². The van der Waals surface area contributed by atoms with Crippen molar-refractivity contribution in [2.45, 2.75) is 31.0 Å². The van der Waals surface area contributed by atoms with E-state index in [2.05, 4.69) is 18.9 Å². The van der Waals surface area contributed by atoms with E-state index in [1.54, 1.807) is 0 Å². The van der Waals surface area contributed by atoms with Crippen LogP contribution in [0.2, 0.25) is 10.0 Å². The minimum absolute atomic E-state index is 0.110. The lowest BCUT2D eigenvalue weighted by Gasteiger charge is -2.13. The minimum atomic E-state index is -4.56. The number of nitrogen functional groups attached to an aromatic ring is 1. The van der Waals surface area contributed by atoms with Crippen molar-refractivity contribution in [3.63, 3.8) is 0 Å². The average Bonchev–Trinajstić information content (AvgIpc) is 2.96. The summed E-state index contributed by atoms with van der Waals surface area (Å²) in [6.07, 6.45) is -2.72. The molecule has 0 aliphatic rings. The molecule has 0 saturated carbocycles. The Morgan fingerprint density at radius 3 is 2.07 bits per heavy atom. The number of rotatable bonds is 4. The average molecular weight is 460 g/mol. The number of alkyl halides is 3. The van der Waals surface area contributed by atoms with Crippen LogP contribution in [0.25, 0.3) is 16.8 Å². The molecule has 154 valence electrons. The largest absolute Gasteiger partial charge is 0.416 e. The molecule has 0 aliphatic heterocycles. The molecule has 2 aromatic carbocycles. The van der Waals surface area contributed by atoms with Crippen LogP contribution >= 0.6 is 35.0 Å². The van der Waals surface area contributed by atoms with Gasteiger partial charge < -0.3 is 5.73 Å². The number of hydrogen-bond donors (Lipinski definition) is 1. The van der Waals surface area contributed by atoms with Crippen LogP contribution in [0.1, 0.15) is 30.9 Å². The Labute approximate surface area is 181 Å². The van der Waals surface area contributed by atoms with E-state index in [4.69, 9.17) is 28.9 Å². The van der Waals surface area contributed by atoms with E-state index in [-0.39, 0.29) is 21.6 Å². The monoisotopic (exact) mass is 459 g/mol. The Morgan fingerprint density at radius 2 is 1.62 bits per heavy atom. The highest BCUT2D eigenvalue weighted by atomic mass is 35.5. The number of thioether (sulfide) groups is 1. The van der Waals surface area contributed by atoms with Crippen molar-refractivity contribution >= 4 is 40.8 Å². The summed E-state index contributed by atoms with van der Waals surface area (Å²) < 4.78 is 40.4. The molecule has 29 heavy (non-hydrogen) atoms. The van der Waals surface area contributed by atoms with Crippen molar-refractivity contribution < 1.29 is 13.2 Å². The number of nitrogens with two attached hydrogens (primary N) is 1. The summed E-state index contributed by atoms with van der Waals surface area (Å²) in [4.78, 5) is 0. The number of hydrogen-bond acceptors (Lipinski definition) is 3. The van der Waals surface area contributed by atoms with E-state index < -0.39 is 11.7 Å². The Morgan fingerprint density at radius 1 is 1.07 bits per heavy atom. The second kappa shape index (κ2) is 8.13. The fraction of sp³-hybridized carbons (Fsp3) is 0.250. The van der Waals surface area contributed by atoms with E-state index in [0.29, 0.717) is 16.5 Å². The Hall–Kier alpha value is -1.83. The van der Waals surface area contributed by atoms with Crippen LogP contribution in [0.3, 0.4) is 0 Å². The van der Waals surface area contributed by atoms with Crippen molar-refractivity contribution in [3.8, 4) is 16.8 Å². The van der Waals surface area contributed by atoms with Crippen molar-refractivity contribution in [1.29, 1.82) is 0 Å². The van der Waals surface area contributed by atoms with E-state index in [1.165, 1.54) is 22.0 Å². The molecule has 9 heteroatoms. The molecular formula is C20H18Cl2F3N3S. The van der Waals surface area contributed by atoms with E-state index in [1.807, 2.05) is 30.5 Å². The highest BCUT2D eigenvalue weighted by Gasteiger charge is 2.33. The summed E-state index contributed by atoms with van der Waals surface area (Å²) in [7, 11) is 0. The van der Waals surface area contributed by atoms with E-state index >= 15 is 0 Å². The lowest BCUT2D eigenvalue weighted by atomic mass is 10.00. The first kappa shape index (κ1) is 21.9. The fourth-order valence-electron chi connectivity index (χ4n) is 2.96. The maximum absolute atomic E-state index is 13.0. The zero-order valence-electron chi connectivity index (χ0n) is 15.8. The maximum Gasteiger partial charge on any atom is 0.416 e. The highest BCUT2D eigenvalue weighted by Crippen LogP contribution is 2.42. The van der Waals surface area contributed by atoms with Gasteiger partial charge in [-0.3, -0.25) is 0 Å². The van der Waals surface area contributed by atoms with Crippen LogP contribution in [0.4, 0.5) is 19.0 Å². The highest BCUT2D eigenvalue weighted by molar-refractivity contribution is 7.98. The lowest BCUT2D eigenvalue weighted by Crippen LogP contribution is -2.08. The smallest absolute Gasteiger partial charge is 0.383 e. The summed E-state index contributed by atoms with van der Waals surface area (Å²) in [6, 6.07) is 9.56. The van der Waals surface area contributed by atoms with Gasteiger partial charge in [0, 0.05) is 0 Å². The molecule has 0 saturated heterocycles. The number of nitrogens with zero attached hydrogens (tertiary/aromatic N) is 2. The van der Waals surface area contributed by atoms with Crippen molar-refractivity contribution in [2.75, 3.05) is 12.0 Å². The summed E-state index contributed by atoms with van der Waals surface area (Å²) in [6.45, 7) is 4.20. The van der Waals surface area contributed by atoms with Crippen molar-refractivity contribution in [1.82, 2.24) is 9.78 Å². The molecule has 0 spiro atoms. The van der Waals surface area contributed by atoms with Gasteiger partial charge in [-0.15, -0.1) is 11.8 Å². The Balaban J connectivity index is 2.16. The third kappa shape index (κ3) is 4.22. The zero-order chi connectivity index (χ0) is 21.5. The van der Waals surface area contributed by atoms with Crippen LogP contribution in [0.5, 0.6) is 0 Å². The Bertz CT molecular complexity index is 1020. The quantitative estimate of drug-likeness (QED) is 0.416. The van der Waals surface area contributed by atoms with Crippen LogP contribution in [0.15, 0.2) is 41.4 Å². The van der Waals surface area contributed by atoms with Gasteiger partial charge in [0.15, 0.2) is 0 Å². The predicted octanol–water partition coefficient (Wildman–Crippen LogP) is 7.29. The molecular weight excluding hydrogens is 442 g/mol. The first-order valence-electron chi connectivity index (χ1n) is 8.64. The van der Waals surface area contributed by atoms with Gasteiger partial charge in [-0.2, -0.15) is 18.3 Å². The molecule has 3 nitrogen and oxygen atoms in total. The predicted molar refractivity (Wildman–Crippen MR) is 114 cm³/mol. The molecule has 0 aliphatic carbocycles. The molecule has 0 radical (unpaired) electrons. The maximum atomic E-state index is 13.0. The van der Waals surface area contributed by atoms with Gasteiger partial charge in [0.05, 0.1) is 21.2 Å². The van der Waals surface area contributed by atoms with E-state index in [0.717, 1.165) is 17.7 Å². The van der Waals surface area contributed by atoms with Crippen LogP contribution in [0, 0.1) is 0 Å². The van der Waals surface area contributed by atoms with E-state index in [9.17, 15) is 13.2 Å². The zero-order valence-corrected chi connectivity index (χ0v) is 18.1. The van der Waals surface area contributed by atoms with Crippen molar-refractivity contribution in [2.24, 2.45) is 0 Å². The standard InChI is InChI=1S/C20H18Cl2F3N3S/c1-10(2)11-4-6-12(7-5-11)16-18(26)28(27-19(16)29-3)17-14(21)8-13(9-15(17)22)20(23,24)25/h4-10H,26H2,1-3H3. The van der Waals surface area contributed by atoms with Gasteiger partial charge >= 0.3 is 6.18 Å². The molecule has 0 unspecified atom stereocenters. The topological polar surface area (TPSA) is 43.8 Å². The molecule has 0 amide bonds. The van der Waals surface area contributed by atoms with Gasteiger partial charge in [-0.25, -0.2) is 4.68 Å². The molecule has 0 atom stereocenters. The first-order valence-corrected chi connectivity index (χ1v) is 10.6. The van der Waals surface area contributed by atoms with Gasteiger partial charge in [0.25, 0.3) is 0 Å². The third-order valence-electron chi connectivity index (χ3n) is 4.50. The minimum Gasteiger partial charge on any atom is -0.383 e. The number of aromatic nitrogens is 2. The van der Waals surface area contributed by atoms with Crippen molar-refractivity contribution in [3.05, 3.63) is 57.6 Å². The molecule has 0 fully saturated rings. The van der Waals surface area contributed by atoms with Crippen LogP contribution in [-0.4, -0.2) is 16.0 Å². The molecule has 1 aromatic heterocycles. The molecule has 1 heterocycles. The number of anilines is 1. The number of benzene rings is 2. The van der Waals surface area contributed by atoms with Crippen LogP contribution in [-0.2, 0) is 6.18 Å². The second-order valence-corrected chi connectivity index (χ2v) is 8.35. The second-order valence-electron chi connectivity index (χ2n) is 6.74. The van der Waals surface area contributed by atoms with Gasteiger partial charge in [0.2, 0.25) is 0 Å². The Kier molecular flexibility index (Phi) is 6.13.